The molecule has 0 spiro atoms. The molecule has 2 N–H and O–H groups in total. The van der Waals surface area contributed by atoms with Gasteiger partial charge in [-0.1, -0.05) is 12.1 Å². The van der Waals surface area contributed by atoms with E-state index >= 15 is 0 Å². The number of methoxy groups -OCH3 is 1. The summed E-state index contributed by atoms with van der Waals surface area (Å²) in [7, 11) is 7.83. The molecule has 27 heavy (non-hydrogen) atoms. The maximum absolute atomic E-state index is 5.97. The van der Waals surface area contributed by atoms with Crippen LogP contribution in [0.2, 0.25) is 0 Å². The van der Waals surface area contributed by atoms with Crippen LogP contribution in [0.25, 0.3) is 0 Å². The minimum atomic E-state index is 0.558. The fourth-order valence-corrected chi connectivity index (χ4v) is 3.18. The van der Waals surface area contributed by atoms with Crippen LogP contribution in [0.1, 0.15) is 30.4 Å². The maximum atomic E-state index is 5.97. The van der Waals surface area contributed by atoms with Crippen LogP contribution in [-0.2, 0) is 11.3 Å². The molecule has 0 aromatic heterocycles. The molecule has 0 bridgehead atoms. The van der Waals surface area contributed by atoms with Gasteiger partial charge < -0.3 is 25.0 Å². The van der Waals surface area contributed by atoms with E-state index in [1.165, 1.54) is 18.4 Å². The average Bonchev–Trinajstić information content (AvgIpc) is 3.47. The Bertz CT molecular complexity index is 598. The van der Waals surface area contributed by atoms with E-state index in [2.05, 4.69) is 59.7 Å². The largest absolute Gasteiger partial charge is 0.493 e. The van der Waals surface area contributed by atoms with E-state index in [1.54, 1.807) is 7.11 Å². The van der Waals surface area contributed by atoms with E-state index < -0.39 is 0 Å². The van der Waals surface area contributed by atoms with Gasteiger partial charge in [0.1, 0.15) is 5.75 Å². The molecule has 0 heterocycles. The monoisotopic (exact) mass is 376 g/mol. The van der Waals surface area contributed by atoms with Gasteiger partial charge in [-0.3, -0.25) is 4.99 Å². The predicted octanol–water partition coefficient (Wildman–Crippen LogP) is 2.42. The first-order valence-corrected chi connectivity index (χ1v) is 9.87. The summed E-state index contributed by atoms with van der Waals surface area (Å²) in [6.45, 7) is 5.04. The van der Waals surface area contributed by atoms with Gasteiger partial charge in [0.25, 0.3) is 0 Å². The molecule has 1 unspecified atom stereocenters. The summed E-state index contributed by atoms with van der Waals surface area (Å²) < 4.78 is 11.1. The highest BCUT2D eigenvalue weighted by Gasteiger charge is 2.32. The molecular formula is C21H36N4O2. The van der Waals surface area contributed by atoms with Crippen molar-refractivity contribution in [2.45, 2.75) is 38.8 Å². The predicted molar refractivity (Wildman–Crippen MR) is 112 cm³/mol. The molecule has 1 atom stereocenters. The van der Waals surface area contributed by atoms with Crippen molar-refractivity contribution < 1.29 is 9.47 Å². The first-order chi connectivity index (χ1) is 13.0. The van der Waals surface area contributed by atoms with Gasteiger partial charge in [-0.2, -0.15) is 0 Å². The Kier molecular flexibility index (Phi) is 8.88. The van der Waals surface area contributed by atoms with Gasteiger partial charge in [0.05, 0.1) is 6.61 Å². The van der Waals surface area contributed by atoms with Crippen molar-refractivity contribution in [3.8, 4) is 5.75 Å². The molecule has 0 saturated heterocycles. The number of nitrogens with zero attached hydrogens (tertiary/aromatic N) is 2. The maximum Gasteiger partial charge on any atom is 0.191 e. The Morgan fingerprint density at radius 2 is 2.04 bits per heavy atom. The second-order valence-electron chi connectivity index (χ2n) is 7.48. The lowest BCUT2D eigenvalue weighted by atomic mass is 10.1. The Hall–Kier alpha value is -1.79. The van der Waals surface area contributed by atoms with E-state index in [1.807, 2.05) is 7.05 Å². The summed E-state index contributed by atoms with van der Waals surface area (Å²) in [5, 5.41) is 6.89. The Morgan fingerprint density at radius 3 is 2.67 bits per heavy atom. The van der Waals surface area contributed by atoms with Gasteiger partial charge in [0.15, 0.2) is 5.96 Å². The van der Waals surface area contributed by atoms with Crippen molar-refractivity contribution >= 4 is 5.96 Å². The molecule has 1 aliphatic rings. The zero-order chi connectivity index (χ0) is 19.6. The zero-order valence-corrected chi connectivity index (χ0v) is 17.5. The van der Waals surface area contributed by atoms with Gasteiger partial charge >= 0.3 is 0 Å². The van der Waals surface area contributed by atoms with E-state index in [4.69, 9.17) is 9.47 Å². The summed E-state index contributed by atoms with van der Waals surface area (Å²) in [4.78, 5) is 6.68. The topological polar surface area (TPSA) is 58.1 Å². The molecule has 2 rings (SSSR count). The second-order valence-corrected chi connectivity index (χ2v) is 7.48. The highest BCUT2D eigenvalue weighted by molar-refractivity contribution is 5.79. The van der Waals surface area contributed by atoms with Gasteiger partial charge in [-0.25, -0.2) is 0 Å². The van der Waals surface area contributed by atoms with Crippen molar-refractivity contribution in [1.82, 2.24) is 15.5 Å². The standard InChI is InChI=1S/C21H36N4O2/c1-16-7-8-18(20(13-16)27-12-6-11-26-5)14-23-21(22-2)24-15-19(25(3)4)17-9-10-17/h7-8,13,17,19H,6,9-12,14-15H2,1-5H3,(H2,22,23,24). The Morgan fingerprint density at radius 1 is 1.26 bits per heavy atom. The number of hydrogen-bond donors (Lipinski definition) is 2. The lowest BCUT2D eigenvalue weighted by Crippen LogP contribution is -2.45. The van der Waals surface area contributed by atoms with Crippen LogP contribution in [0.3, 0.4) is 0 Å². The smallest absolute Gasteiger partial charge is 0.191 e. The SMILES string of the molecule is CN=C(NCc1ccc(C)cc1OCCCOC)NCC(C1CC1)N(C)C. The number of rotatable bonds is 11. The van der Waals surface area contributed by atoms with E-state index in [9.17, 15) is 0 Å². The molecule has 1 aromatic rings. The van der Waals surface area contributed by atoms with E-state index in [0.29, 0.717) is 25.8 Å². The third-order valence-corrected chi connectivity index (χ3v) is 4.95. The summed E-state index contributed by atoms with van der Waals surface area (Å²) in [6.07, 6.45) is 3.56. The third-order valence-electron chi connectivity index (χ3n) is 4.95. The normalized spacial score (nSPS) is 15.7. The molecule has 1 aliphatic carbocycles. The number of likely N-dealkylation sites (N-methyl/N-ethyl adjacent to an activating group) is 1. The van der Waals surface area contributed by atoms with Crippen molar-refractivity contribution in [1.29, 1.82) is 0 Å². The molecule has 6 heteroatoms. The minimum Gasteiger partial charge on any atom is -0.493 e. The van der Waals surface area contributed by atoms with E-state index in [0.717, 1.165) is 36.2 Å². The van der Waals surface area contributed by atoms with Gasteiger partial charge in [0.2, 0.25) is 0 Å². The Balaban J connectivity index is 1.87. The summed E-state index contributed by atoms with van der Waals surface area (Å²) in [5.74, 6) is 2.57. The van der Waals surface area contributed by atoms with Crippen LogP contribution in [0.15, 0.2) is 23.2 Å². The molecular weight excluding hydrogens is 340 g/mol. The number of guanidine groups is 1. The van der Waals surface area contributed by atoms with Crippen LogP contribution in [-0.4, -0.2) is 64.9 Å². The number of ether oxygens (including phenoxy) is 2. The second kappa shape index (κ2) is 11.1. The number of hydrogen-bond acceptors (Lipinski definition) is 4. The molecule has 6 nitrogen and oxygen atoms in total. The highest BCUT2D eigenvalue weighted by Crippen LogP contribution is 2.34. The van der Waals surface area contributed by atoms with Crippen LogP contribution in [0.5, 0.6) is 5.75 Å². The van der Waals surface area contributed by atoms with Crippen LogP contribution in [0.4, 0.5) is 0 Å². The quantitative estimate of drug-likeness (QED) is 0.353. The number of nitrogens with one attached hydrogen (secondary N) is 2. The first-order valence-electron chi connectivity index (χ1n) is 9.87. The summed E-state index contributed by atoms with van der Waals surface area (Å²) in [6, 6.07) is 6.88. The van der Waals surface area contributed by atoms with Gasteiger partial charge in [-0.05, 0) is 51.4 Å². The van der Waals surface area contributed by atoms with Gasteiger partial charge in [0, 0.05) is 51.9 Å². The lowest BCUT2D eigenvalue weighted by Gasteiger charge is -2.25. The third kappa shape index (κ3) is 7.39. The van der Waals surface area contributed by atoms with Crippen LogP contribution < -0.4 is 15.4 Å². The van der Waals surface area contributed by atoms with Crippen LogP contribution in [0, 0.1) is 12.8 Å². The Labute approximate surface area is 164 Å². The molecule has 1 aromatic carbocycles. The number of benzene rings is 1. The van der Waals surface area contributed by atoms with Crippen LogP contribution >= 0.6 is 0 Å². The van der Waals surface area contributed by atoms with E-state index in [-0.39, 0.29) is 0 Å². The van der Waals surface area contributed by atoms with Crippen molar-refractivity contribution in [3.63, 3.8) is 0 Å². The fraction of sp³-hybridized carbons (Fsp3) is 0.667. The van der Waals surface area contributed by atoms with Crippen molar-refractivity contribution in [3.05, 3.63) is 29.3 Å². The highest BCUT2D eigenvalue weighted by atomic mass is 16.5. The molecule has 0 amide bonds. The number of aryl methyl sites for hydroxylation is 1. The summed E-state index contributed by atoms with van der Waals surface area (Å²) >= 11 is 0. The molecule has 152 valence electrons. The average molecular weight is 377 g/mol. The lowest BCUT2D eigenvalue weighted by molar-refractivity contribution is 0.171. The first kappa shape index (κ1) is 21.5. The summed E-state index contributed by atoms with van der Waals surface area (Å²) in [5.41, 5.74) is 2.33. The molecule has 0 aliphatic heterocycles. The van der Waals surface area contributed by atoms with Gasteiger partial charge in [-0.15, -0.1) is 0 Å². The van der Waals surface area contributed by atoms with Crippen molar-refractivity contribution in [2.24, 2.45) is 10.9 Å². The fourth-order valence-electron chi connectivity index (χ4n) is 3.18. The number of aliphatic imine (C=N–C) groups is 1. The minimum absolute atomic E-state index is 0.558. The van der Waals surface area contributed by atoms with Crippen molar-refractivity contribution in [2.75, 3.05) is 48.0 Å². The molecule has 1 saturated carbocycles. The zero-order valence-electron chi connectivity index (χ0n) is 17.5. The molecule has 0 radical (unpaired) electrons. The molecule has 1 fully saturated rings.